The minimum Gasteiger partial charge on any atom is -0.385 e. The molecule has 15 heavy (non-hydrogen) atoms. The van der Waals surface area contributed by atoms with Gasteiger partial charge in [-0.15, -0.1) is 0 Å². The highest BCUT2D eigenvalue weighted by atomic mass is 16.7. The van der Waals surface area contributed by atoms with E-state index >= 15 is 0 Å². The molecule has 1 aliphatic heterocycles. The molecule has 1 saturated heterocycles. The summed E-state index contributed by atoms with van der Waals surface area (Å²) in [6.07, 6.45) is 1.83. The summed E-state index contributed by atoms with van der Waals surface area (Å²) in [6.45, 7) is 1.01. The molecule has 0 aromatic heterocycles. The van der Waals surface area contributed by atoms with E-state index in [2.05, 4.69) is 0 Å². The standard InChI is InChI=1S/C12H14O3/c13-12(5-6-12)10-3-1-9(2-4-10)11-7-14-8-15-11/h1-4,11,13H,5-8H2. The highest BCUT2D eigenvalue weighted by molar-refractivity contribution is 5.31. The van der Waals surface area contributed by atoms with Crippen LogP contribution in [-0.2, 0) is 15.1 Å². The van der Waals surface area contributed by atoms with Gasteiger partial charge in [0.15, 0.2) is 0 Å². The van der Waals surface area contributed by atoms with E-state index < -0.39 is 5.60 Å². The summed E-state index contributed by atoms with van der Waals surface area (Å²) in [5.41, 5.74) is 1.61. The summed E-state index contributed by atoms with van der Waals surface area (Å²) in [4.78, 5) is 0. The molecule has 1 unspecified atom stereocenters. The van der Waals surface area contributed by atoms with Gasteiger partial charge in [0.1, 0.15) is 12.9 Å². The summed E-state index contributed by atoms with van der Waals surface area (Å²) in [7, 11) is 0. The number of rotatable bonds is 2. The Bertz CT molecular complexity index is 348. The normalized spacial score (nSPS) is 27.9. The van der Waals surface area contributed by atoms with Gasteiger partial charge in [-0.1, -0.05) is 24.3 Å². The maximum Gasteiger partial charge on any atom is 0.147 e. The Kier molecular flexibility index (Phi) is 2.06. The number of benzene rings is 1. The van der Waals surface area contributed by atoms with E-state index in [0.717, 1.165) is 24.0 Å². The van der Waals surface area contributed by atoms with Crippen molar-refractivity contribution in [2.75, 3.05) is 13.4 Å². The van der Waals surface area contributed by atoms with E-state index in [1.807, 2.05) is 24.3 Å². The molecule has 0 amide bonds. The molecular weight excluding hydrogens is 192 g/mol. The molecule has 1 aromatic rings. The van der Waals surface area contributed by atoms with E-state index in [1.54, 1.807) is 0 Å². The Hall–Kier alpha value is -0.900. The summed E-state index contributed by atoms with van der Waals surface area (Å²) in [5.74, 6) is 0. The summed E-state index contributed by atoms with van der Waals surface area (Å²) in [6, 6.07) is 8.02. The Morgan fingerprint density at radius 3 is 2.47 bits per heavy atom. The zero-order valence-electron chi connectivity index (χ0n) is 8.48. The Labute approximate surface area is 88.6 Å². The first kappa shape index (κ1) is 9.33. The molecular formula is C12H14O3. The molecule has 2 fully saturated rings. The van der Waals surface area contributed by atoms with Gasteiger partial charge in [-0.2, -0.15) is 0 Å². The predicted octanol–water partition coefficient (Wildman–Crippen LogP) is 1.71. The van der Waals surface area contributed by atoms with Gasteiger partial charge in [-0.3, -0.25) is 0 Å². The van der Waals surface area contributed by atoms with E-state index in [1.165, 1.54) is 0 Å². The van der Waals surface area contributed by atoms with Gasteiger partial charge >= 0.3 is 0 Å². The topological polar surface area (TPSA) is 38.7 Å². The van der Waals surface area contributed by atoms with Crippen molar-refractivity contribution in [1.29, 1.82) is 0 Å². The van der Waals surface area contributed by atoms with Gasteiger partial charge in [0.05, 0.1) is 12.2 Å². The lowest BCUT2D eigenvalue weighted by Crippen LogP contribution is -2.05. The minimum atomic E-state index is -0.536. The third-order valence-electron chi connectivity index (χ3n) is 3.17. The zero-order valence-corrected chi connectivity index (χ0v) is 8.48. The molecule has 3 heteroatoms. The fraction of sp³-hybridized carbons (Fsp3) is 0.500. The van der Waals surface area contributed by atoms with Crippen molar-refractivity contribution in [3.63, 3.8) is 0 Å². The molecule has 0 radical (unpaired) electrons. The average Bonchev–Trinajstić information content (AvgIpc) is 2.84. The average molecular weight is 206 g/mol. The van der Waals surface area contributed by atoms with Gasteiger partial charge in [-0.05, 0) is 24.0 Å². The molecule has 0 bridgehead atoms. The molecule has 2 aliphatic rings. The maximum atomic E-state index is 9.90. The van der Waals surface area contributed by atoms with Crippen LogP contribution in [0.4, 0.5) is 0 Å². The van der Waals surface area contributed by atoms with E-state index in [4.69, 9.17) is 9.47 Å². The Balaban J connectivity index is 1.81. The second kappa shape index (κ2) is 3.30. The van der Waals surface area contributed by atoms with E-state index in [0.29, 0.717) is 13.4 Å². The van der Waals surface area contributed by atoms with Crippen LogP contribution in [0.2, 0.25) is 0 Å². The Morgan fingerprint density at radius 2 is 1.93 bits per heavy atom. The maximum absolute atomic E-state index is 9.90. The van der Waals surface area contributed by atoms with Crippen molar-refractivity contribution in [2.45, 2.75) is 24.5 Å². The van der Waals surface area contributed by atoms with Crippen molar-refractivity contribution in [3.05, 3.63) is 35.4 Å². The zero-order chi connectivity index (χ0) is 10.3. The minimum absolute atomic E-state index is 0.0629. The van der Waals surface area contributed by atoms with E-state index in [-0.39, 0.29) is 6.10 Å². The first-order chi connectivity index (χ1) is 7.28. The summed E-state index contributed by atoms with van der Waals surface area (Å²) < 4.78 is 10.5. The van der Waals surface area contributed by atoms with Crippen LogP contribution in [0.15, 0.2) is 24.3 Å². The lowest BCUT2D eigenvalue weighted by molar-refractivity contribution is 0.0465. The largest absolute Gasteiger partial charge is 0.385 e. The number of hydrogen-bond acceptors (Lipinski definition) is 3. The summed E-state index contributed by atoms with van der Waals surface area (Å²) in [5, 5.41) is 9.90. The molecule has 3 nitrogen and oxygen atoms in total. The highest BCUT2D eigenvalue weighted by Crippen LogP contribution is 2.45. The second-order valence-electron chi connectivity index (χ2n) is 4.30. The number of hydrogen-bond donors (Lipinski definition) is 1. The van der Waals surface area contributed by atoms with E-state index in [9.17, 15) is 5.11 Å². The van der Waals surface area contributed by atoms with Crippen molar-refractivity contribution in [3.8, 4) is 0 Å². The van der Waals surface area contributed by atoms with Gasteiger partial charge < -0.3 is 14.6 Å². The fourth-order valence-corrected chi connectivity index (χ4v) is 1.94. The Morgan fingerprint density at radius 1 is 1.20 bits per heavy atom. The quantitative estimate of drug-likeness (QED) is 0.800. The van der Waals surface area contributed by atoms with Crippen molar-refractivity contribution in [1.82, 2.24) is 0 Å². The van der Waals surface area contributed by atoms with Gasteiger partial charge in [0, 0.05) is 0 Å². The van der Waals surface area contributed by atoms with Crippen LogP contribution >= 0.6 is 0 Å². The number of ether oxygens (including phenoxy) is 2. The number of aliphatic hydroxyl groups is 1. The second-order valence-corrected chi connectivity index (χ2v) is 4.30. The smallest absolute Gasteiger partial charge is 0.147 e. The SMILES string of the molecule is OC1(c2ccc(C3COCO3)cc2)CC1. The monoisotopic (exact) mass is 206 g/mol. The fourth-order valence-electron chi connectivity index (χ4n) is 1.94. The molecule has 1 heterocycles. The molecule has 1 saturated carbocycles. The first-order valence-electron chi connectivity index (χ1n) is 5.30. The summed E-state index contributed by atoms with van der Waals surface area (Å²) >= 11 is 0. The first-order valence-corrected chi connectivity index (χ1v) is 5.30. The third-order valence-corrected chi connectivity index (χ3v) is 3.17. The molecule has 3 rings (SSSR count). The van der Waals surface area contributed by atoms with Crippen LogP contribution < -0.4 is 0 Å². The van der Waals surface area contributed by atoms with Crippen LogP contribution in [0.5, 0.6) is 0 Å². The molecule has 1 N–H and O–H groups in total. The molecule has 80 valence electrons. The van der Waals surface area contributed by atoms with Crippen LogP contribution in [-0.4, -0.2) is 18.5 Å². The van der Waals surface area contributed by atoms with Crippen LogP contribution in [0, 0.1) is 0 Å². The van der Waals surface area contributed by atoms with Crippen molar-refractivity contribution >= 4 is 0 Å². The lowest BCUT2D eigenvalue weighted by atomic mass is 10.0. The van der Waals surface area contributed by atoms with Gasteiger partial charge in [0.25, 0.3) is 0 Å². The highest BCUT2D eigenvalue weighted by Gasteiger charge is 2.41. The molecule has 1 atom stereocenters. The third kappa shape index (κ3) is 1.67. The predicted molar refractivity (Wildman–Crippen MR) is 54.2 cm³/mol. The lowest BCUT2D eigenvalue weighted by Gasteiger charge is -2.11. The molecule has 1 aliphatic carbocycles. The van der Waals surface area contributed by atoms with Crippen LogP contribution in [0.1, 0.15) is 30.1 Å². The van der Waals surface area contributed by atoms with Crippen molar-refractivity contribution < 1.29 is 14.6 Å². The molecule has 0 spiro atoms. The van der Waals surface area contributed by atoms with Crippen molar-refractivity contribution in [2.24, 2.45) is 0 Å². The van der Waals surface area contributed by atoms with Gasteiger partial charge in [0.2, 0.25) is 0 Å². The molecule has 1 aromatic carbocycles. The van der Waals surface area contributed by atoms with Gasteiger partial charge in [-0.25, -0.2) is 0 Å². The van der Waals surface area contributed by atoms with Crippen LogP contribution in [0.25, 0.3) is 0 Å². The van der Waals surface area contributed by atoms with Crippen LogP contribution in [0.3, 0.4) is 0 Å².